The molecular weight excluding hydrogens is 236 g/mol. The molecule has 2 rings (SSSR count). The lowest BCUT2D eigenvalue weighted by Crippen LogP contribution is -2.51. The molecule has 1 amide bonds. The van der Waals surface area contributed by atoms with Gasteiger partial charge < -0.3 is 10.6 Å². The molecule has 0 spiro atoms. The zero-order chi connectivity index (χ0) is 13.7. The molecule has 104 valence electrons. The van der Waals surface area contributed by atoms with Crippen molar-refractivity contribution in [3.8, 4) is 0 Å². The Balaban J connectivity index is 1.98. The van der Waals surface area contributed by atoms with Gasteiger partial charge in [-0.15, -0.1) is 0 Å². The number of rotatable bonds is 4. The number of carbonyl (C=O) groups excluding carboxylic acids is 1. The Morgan fingerprint density at radius 1 is 1.37 bits per heavy atom. The summed E-state index contributed by atoms with van der Waals surface area (Å²) < 4.78 is 0. The summed E-state index contributed by atoms with van der Waals surface area (Å²) in [6, 6.07) is 10.00. The fourth-order valence-corrected chi connectivity index (χ4v) is 2.88. The molecule has 0 radical (unpaired) electrons. The van der Waals surface area contributed by atoms with E-state index in [0.717, 1.165) is 31.4 Å². The van der Waals surface area contributed by atoms with Gasteiger partial charge in [0.15, 0.2) is 0 Å². The van der Waals surface area contributed by atoms with E-state index in [-0.39, 0.29) is 5.91 Å². The fourth-order valence-electron chi connectivity index (χ4n) is 2.88. The largest absolute Gasteiger partial charge is 0.338 e. The van der Waals surface area contributed by atoms with Crippen LogP contribution in [-0.4, -0.2) is 29.4 Å². The molecule has 1 aromatic carbocycles. The first-order valence-corrected chi connectivity index (χ1v) is 7.32. The molecule has 0 aromatic heterocycles. The summed E-state index contributed by atoms with van der Waals surface area (Å²) in [4.78, 5) is 14.5. The molecule has 19 heavy (non-hydrogen) atoms. The summed E-state index contributed by atoms with van der Waals surface area (Å²) in [6.45, 7) is 3.03. The highest BCUT2D eigenvalue weighted by Crippen LogP contribution is 2.20. The Hall–Kier alpha value is -1.35. The predicted octanol–water partition coefficient (Wildman–Crippen LogP) is 2.35. The smallest absolute Gasteiger partial charge is 0.240 e. The second kappa shape index (κ2) is 6.71. The van der Waals surface area contributed by atoms with Gasteiger partial charge in [0.2, 0.25) is 5.91 Å². The summed E-state index contributed by atoms with van der Waals surface area (Å²) in [5.41, 5.74) is 7.24. The van der Waals surface area contributed by atoms with Gasteiger partial charge in [-0.05, 0) is 37.7 Å². The number of amides is 1. The van der Waals surface area contributed by atoms with Crippen molar-refractivity contribution in [1.82, 2.24) is 4.90 Å². The zero-order valence-electron chi connectivity index (χ0n) is 11.7. The molecule has 1 aliphatic heterocycles. The van der Waals surface area contributed by atoms with Gasteiger partial charge in [-0.3, -0.25) is 4.79 Å². The van der Waals surface area contributed by atoms with Gasteiger partial charge in [0.25, 0.3) is 0 Å². The highest BCUT2D eigenvalue weighted by molar-refractivity contribution is 5.82. The molecule has 1 aromatic rings. The van der Waals surface area contributed by atoms with Crippen molar-refractivity contribution in [3.63, 3.8) is 0 Å². The first-order valence-electron chi connectivity index (χ1n) is 7.32. The first kappa shape index (κ1) is 14.1. The van der Waals surface area contributed by atoms with Crippen molar-refractivity contribution in [1.29, 1.82) is 0 Å². The highest BCUT2D eigenvalue weighted by atomic mass is 16.2. The van der Waals surface area contributed by atoms with Crippen LogP contribution in [0.15, 0.2) is 30.3 Å². The van der Waals surface area contributed by atoms with Crippen molar-refractivity contribution in [2.24, 2.45) is 5.73 Å². The third-order valence-electron chi connectivity index (χ3n) is 4.00. The standard InChI is InChI=1S/C16H24N2O/c1-2-14-10-6-7-11-18(14)16(19)15(17)12-13-8-4-3-5-9-13/h3-5,8-9,14-15H,2,6-7,10-12,17H2,1H3/t14-,15+/m1/s1. The van der Waals surface area contributed by atoms with Crippen LogP contribution in [0, 0.1) is 0 Å². The number of nitrogens with two attached hydrogens (primary N) is 1. The Morgan fingerprint density at radius 2 is 2.11 bits per heavy atom. The minimum Gasteiger partial charge on any atom is -0.338 e. The monoisotopic (exact) mass is 260 g/mol. The lowest BCUT2D eigenvalue weighted by molar-refractivity contribution is -0.136. The highest BCUT2D eigenvalue weighted by Gasteiger charge is 2.28. The van der Waals surface area contributed by atoms with Crippen molar-refractivity contribution in [3.05, 3.63) is 35.9 Å². The molecule has 1 heterocycles. The van der Waals surface area contributed by atoms with Crippen molar-refractivity contribution >= 4 is 5.91 Å². The van der Waals surface area contributed by atoms with Crippen LogP contribution in [0.1, 0.15) is 38.2 Å². The van der Waals surface area contributed by atoms with Gasteiger partial charge in [-0.2, -0.15) is 0 Å². The van der Waals surface area contributed by atoms with Crippen LogP contribution < -0.4 is 5.73 Å². The molecule has 1 aliphatic rings. The van der Waals surface area contributed by atoms with Crippen LogP contribution in [-0.2, 0) is 11.2 Å². The lowest BCUT2D eigenvalue weighted by Gasteiger charge is -2.36. The number of hydrogen-bond donors (Lipinski definition) is 1. The third-order valence-corrected chi connectivity index (χ3v) is 4.00. The normalized spacial score (nSPS) is 21.2. The summed E-state index contributed by atoms with van der Waals surface area (Å²) >= 11 is 0. The van der Waals surface area contributed by atoms with Crippen molar-refractivity contribution in [2.75, 3.05) is 6.54 Å². The Labute approximate surface area is 115 Å². The number of likely N-dealkylation sites (tertiary alicyclic amines) is 1. The third kappa shape index (κ3) is 3.57. The van der Waals surface area contributed by atoms with E-state index in [1.165, 1.54) is 6.42 Å². The minimum absolute atomic E-state index is 0.121. The van der Waals surface area contributed by atoms with Gasteiger partial charge in [-0.25, -0.2) is 0 Å². The molecule has 0 saturated carbocycles. The van der Waals surface area contributed by atoms with Gasteiger partial charge in [-0.1, -0.05) is 37.3 Å². The minimum atomic E-state index is -0.408. The number of benzene rings is 1. The first-order chi connectivity index (χ1) is 9.22. The van der Waals surface area contributed by atoms with E-state index in [9.17, 15) is 4.79 Å². The van der Waals surface area contributed by atoms with Crippen molar-refractivity contribution in [2.45, 2.75) is 51.1 Å². The Kier molecular flexibility index (Phi) is 4.97. The maximum atomic E-state index is 12.5. The summed E-state index contributed by atoms with van der Waals surface area (Å²) in [5.74, 6) is 0.121. The molecule has 3 heteroatoms. The van der Waals surface area contributed by atoms with E-state index >= 15 is 0 Å². The number of hydrogen-bond acceptors (Lipinski definition) is 2. The second-order valence-electron chi connectivity index (χ2n) is 5.39. The Bertz CT molecular complexity index is 404. The van der Waals surface area contributed by atoms with E-state index in [2.05, 4.69) is 6.92 Å². The van der Waals surface area contributed by atoms with Crippen LogP contribution in [0.2, 0.25) is 0 Å². The molecule has 0 bridgehead atoms. The van der Waals surface area contributed by atoms with E-state index in [4.69, 9.17) is 5.73 Å². The summed E-state index contributed by atoms with van der Waals surface area (Å²) in [5, 5.41) is 0. The average molecular weight is 260 g/mol. The van der Waals surface area contributed by atoms with Gasteiger partial charge in [0.05, 0.1) is 6.04 Å². The maximum absolute atomic E-state index is 12.5. The summed E-state index contributed by atoms with van der Waals surface area (Å²) in [6.07, 6.45) is 5.13. The van der Waals surface area contributed by atoms with Gasteiger partial charge >= 0.3 is 0 Å². The molecule has 0 aliphatic carbocycles. The zero-order valence-corrected chi connectivity index (χ0v) is 11.7. The lowest BCUT2D eigenvalue weighted by atomic mass is 9.97. The maximum Gasteiger partial charge on any atom is 0.240 e. The number of carbonyl (C=O) groups is 1. The van der Waals surface area contributed by atoms with Gasteiger partial charge in [0.1, 0.15) is 0 Å². The van der Waals surface area contributed by atoms with E-state index in [1.807, 2.05) is 35.2 Å². The number of piperidine rings is 1. The summed E-state index contributed by atoms with van der Waals surface area (Å²) in [7, 11) is 0. The fraction of sp³-hybridized carbons (Fsp3) is 0.562. The number of nitrogens with zero attached hydrogens (tertiary/aromatic N) is 1. The van der Waals surface area contributed by atoms with E-state index in [1.54, 1.807) is 0 Å². The van der Waals surface area contributed by atoms with E-state index in [0.29, 0.717) is 12.5 Å². The van der Waals surface area contributed by atoms with Crippen LogP contribution in [0.3, 0.4) is 0 Å². The van der Waals surface area contributed by atoms with Crippen molar-refractivity contribution < 1.29 is 4.79 Å². The van der Waals surface area contributed by atoms with Crippen LogP contribution in [0.4, 0.5) is 0 Å². The van der Waals surface area contributed by atoms with Crippen LogP contribution >= 0.6 is 0 Å². The second-order valence-corrected chi connectivity index (χ2v) is 5.39. The molecule has 2 N–H and O–H groups in total. The van der Waals surface area contributed by atoms with Crippen LogP contribution in [0.5, 0.6) is 0 Å². The Morgan fingerprint density at radius 3 is 2.79 bits per heavy atom. The molecule has 2 atom stereocenters. The van der Waals surface area contributed by atoms with E-state index < -0.39 is 6.04 Å². The van der Waals surface area contributed by atoms with Crippen LogP contribution in [0.25, 0.3) is 0 Å². The molecular formula is C16H24N2O. The predicted molar refractivity (Wildman–Crippen MR) is 77.8 cm³/mol. The SMILES string of the molecule is CC[C@@H]1CCCCN1C(=O)[C@@H](N)Cc1ccccc1. The molecule has 1 fully saturated rings. The quantitative estimate of drug-likeness (QED) is 0.903. The molecule has 0 unspecified atom stereocenters. The molecule has 1 saturated heterocycles. The molecule has 3 nitrogen and oxygen atoms in total. The topological polar surface area (TPSA) is 46.3 Å². The van der Waals surface area contributed by atoms with Gasteiger partial charge in [0, 0.05) is 12.6 Å². The average Bonchev–Trinajstić information content (AvgIpc) is 2.47.